The summed E-state index contributed by atoms with van der Waals surface area (Å²) < 4.78 is 0. The Morgan fingerprint density at radius 2 is 1.53 bits per heavy atom. The van der Waals surface area contributed by atoms with Crippen molar-refractivity contribution in [3.63, 3.8) is 0 Å². The van der Waals surface area contributed by atoms with Crippen molar-refractivity contribution in [1.82, 2.24) is 0 Å². The standard InChI is InChI=1S/C13H11.BrH.Mg/c1-3-7-12(8-4-1)11-13-9-5-2-6-10-13;;/h1-9H,11H2;1H;/q-1;;+2/p-1. The molecule has 15 heavy (non-hydrogen) atoms. The molecule has 2 heteroatoms. The predicted octanol–water partition coefficient (Wildman–Crippen LogP) is -0.299. The summed E-state index contributed by atoms with van der Waals surface area (Å²) in [7, 11) is 0. The molecule has 2 aromatic carbocycles. The summed E-state index contributed by atoms with van der Waals surface area (Å²) in [6.45, 7) is 0. The third kappa shape index (κ3) is 4.82. The van der Waals surface area contributed by atoms with Gasteiger partial charge in [-0.15, -0.1) is 0 Å². The molecule has 0 fully saturated rings. The van der Waals surface area contributed by atoms with Crippen LogP contribution in [-0.2, 0) is 6.42 Å². The Hall–Kier alpha value is -0.314. The molecule has 0 atom stereocenters. The van der Waals surface area contributed by atoms with Crippen molar-refractivity contribution in [2.75, 3.05) is 0 Å². The molecule has 0 saturated carbocycles. The smallest absolute Gasteiger partial charge is 1.00 e. The van der Waals surface area contributed by atoms with Gasteiger partial charge in [0.25, 0.3) is 0 Å². The molecule has 0 radical (unpaired) electrons. The quantitative estimate of drug-likeness (QED) is 0.520. The molecule has 2 rings (SSSR count). The van der Waals surface area contributed by atoms with Crippen LogP contribution in [-0.4, -0.2) is 23.1 Å². The van der Waals surface area contributed by atoms with E-state index in [4.69, 9.17) is 0 Å². The van der Waals surface area contributed by atoms with E-state index in [1.807, 2.05) is 18.2 Å². The van der Waals surface area contributed by atoms with Crippen LogP contribution >= 0.6 is 0 Å². The first-order valence-corrected chi connectivity index (χ1v) is 4.45. The molecule has 0 unspecified atom stereocenters. The zero-order chi connectivity index (χ0) is 8.93. The molecule has 0 amide bonds. The van der Waals surface area contributed by atoms with Crippen LogP contribution in [0.1, 0.15) is 11.1 Å². The molecule has 0 aliphatic carbocycles. The molecule has 72 valence electrons. The van der Waals surface area contributed by atoms with Crippen molar-refractivity contribution in [1.29, 1.82) is 0 Å². The Morgan fingerprint density at radius 1 is 0.867 bits per heavy atom. The molecule has 0 bridgehead atoms. The van der Waals surface area contributed by atoms with Gasteiger partial charge in [0.05, 0.1) is 0 Å². The summed E-state index contributed by atoms with van der Waals surface area (Å²) in [6, 6.07) is 21.8. The van der Waals surface area contributed by atoms with Crippen LogP contribution in [0.25, 0.3) is 0 Å². The SMILES string of the molecule is [Br-].[Mg+2].[c-]1ccccc1Cc1ccccc1. The van der Waals surface area contributed by atoms with Crippen molar-refractivity contribution in [3.8, 4) is 0 Å². The predicted molar refractivity (Wildman–Crippen MR) is 60.3 cm³/mol. The van der Waals surface area contributed by atoms with Crippen LogP contribution in [0.2, 0.25) is 0 Å². The Labute approximate surface area is 118 Å². The average Bonchev–Trinajstić information content (AvgIpc) is 2.21. The van der Waals surface area contributed by atoms with E-state index in [9.17, 15) is 0 Å². The largest absolute Gasteiger partial charge is 2.00 e. The summed E-state index contributed by atoms with van der Waals surface area (Å²) in [5, 5.41) is 0. The number of hydrogen-bond donors (Lipinski definition) is 0. The zero-order valence-corrected chi connectivity index (χ0v) is 11.5. The van der Waals surface area contributed by atoms with Gasteiger partial charge < -0.3 is 17.0 Å². The number of benzene rings is 2. The fraction of sp³-hybridized carbons (Fsp3) is 0.0769. The third-order valence-corrected chi connectivity index (χ3v) is 2.01. The Kier molecular flexibility index (Phi) is 7.75. The average molecular weight is 271 g/mol. The van der Waals surface area contributed by atoms with Crippen LogP contribution in [0.15, 0.2) is 54.6 Å². The Balaban J connectivity index is 0.000000980. The van der Waals surface area contributed by atoms with Crippen LogP contribution in [0.4, 0.5) is 0 Å². The van der Waals surface area contributed by atoms with Crippen LogP contribution in [0.5, 0.6) is 0 Å². The minimum absolute atomic E-state index is 0. The summed E-state index contributed by atoms with van der Waals surface area (Å²) in [4.78, 5) is 0. The summed E-state index contributed by atoms with van der Waals surface area (Å²) in [6.07, 6.45) is 0.974. The van der Waals surface area contributed by atoms with Gasteiger partial charge in [0.2, 0.25) is 0 Å². The maximum absolute atomic E-state index is 3.22. The molecule has 0 aliphatic heterocycles. The van der Waals surface area contributed by atoms with Crippen molar-refractivity contribution in [2.45, 2.75) is 6.42 Å². The maximum atomic E-state index is 3.22. The van der Waals surface area contributed by atoms with Gasteiger partial charge in [0.1, 0.15) is 0 Å². The van der Waals surface area contributed by atoms with E-state index in [0.29, 0.717) is 0 Å². The van der Waals surface area contributed by atoms with E-state index >= 15 is 0 Å². The molecule has 2 aromatic rings. The normalized spacial score (nSPS) is 8.53. The van der Waals surface area contributed by atoms with Crippen molar-refractivity contribution in [2.24, 2.45) is 0 Å². The molecule has 0 spiro atoms. The first-order chi connectivity index (χ1) is 6.45. The fourth-order valence-electron chi connectivity index (χ4n) is 1.36. The van der Waals surface area contributed by atoms with Gasteiger partial charge in [0, 0.05) is 0 Å². The molecule has 0 heterocycles. The van der Waals surface area contributed by atoms with Gasteiger partial charge >= 0.3 is 23.1 Å². The van der Waals surface area contributed by atoms with Crippen molar-refractivity contribution < 1.29 is 17.0 Å². The second-order valence-electron chi connectivity index (χ2n) is 3.05. The second kappa shape index (κ2) is 7.91. The maximum Gasteiger partial charge on any atom is 2.00 e. The molecule has 0 aromatic heterocycles. The third-order valence-electron chi connectivity index (χ3n) is 2.01. The summed E-state index contributed by atoms with van der Waals surface area (Å²) >= 11 is 0. The summed E-state index contributed by atoms with van der Waals surface area (Å²) in [5.74, 6) is 0. The molecule has 0 aliphatic rings. The molecule has 0 saturated heterocycles. The Bertz CT molecular complexity index is 321. The minimum Gasteiger partial charge on any atom is -1.00 e. The second-order valence-corrected chi connectivity index (χ2v) is 3.05. The molecular weight excluding hydrogens is 260 g/mol. The fourth-order valence-corrected chi connectivity index (χ4v) is 1.36. The van der Waals surface area contributed by atoms with Gasteiger partial charge in [-0.25, -0.2) is 0 Å². The van der Waals surface area contributed by atoms with E-state index in [0.717, 1.165) is 6.42 Å². The van der Waals surface area contributed by atoms with Gasteiger partial charge in [-0.2, -0.15) is 35.9 Å². The summed E-state index contributed by atoms with van der Waals surface area (Å²) in [5.41, 5.74) is 2.58. The molecular formula is C13H11BrMg. The topological polar surface area (TPSA) is 0 Å². The van der Waals surface area contributed by atoms with Crippen LogP contribution in [0.3, 0.4) is 0 Å². The van der Waals surface area contributed by atoms with E-state index in [1.165, 1.54) is 11.1 Å². The minimum atomic E-state index is 0. The zero-order valence-electron chi connectivity index (χ0n) is 8.49. The van der Waals surface area contributed by atoms with E-state index in [1.54, 1.807) is 0 Å². The van der Waals surface area contributed by atoms with Crippen molar-refractivity contribution >= 4 is 23.1 Å². The van der Waals surface area contributed by atoms with E-state index in [2.05, 4.69) is 42.5 Å². The first-order valence-electron chi connectivity index (χ1n) is 4.45. The number of rotatable bonds is 2. The van der Waals surface area contributed by atoms with Crippen LogP contribution < -0.4 is 17.0 Å². The van der Waals surface area contributed by atoms with Crippen molar-refractivity contribution in [3.05, 3.63) is 71.8 Å². The number of hydrogen-bond acceptors (Lipinski definition) is 0. The number of halogens is 1. The first kappa shape index (κ1) is 14.7. The van der Waals surface area contributed by atoms with Gasteiger partial charge in [0.15, 0.2) is 0 Å². The van der Waals surface area contributed by atoms with Crippen LogP contribution in [0, 0.1) is 6.07 Å². The monoisotopic (exact) mass is 270 g/mol. The molecule has 0 N–H and O–H groups in total. The van der Waals surface area contributed by atoms with Gasteiger partial charge in [-0.05, 0) is 12.0 Å². The Morgan fingerprint density at radius 3 is 2.13 bits per heavy atom. The molecule has 0 nitrogen and oxygen atoms in total. The van der Waals surface area contributed by atoms with Gasteiger partial charge in [-0.1, -0.05) is 30.3 Å². The van der Waals surface area contributed by atoms with E-state index in [-0.39, 0.29) is 40.0 Å². The van der Waals surface area contributed by atoms with Gasteiger partial charge in [-0.3, -0.25) is 0 Å². The van der Waals surface area contributed by atoms with E-state index < -0.39 is 0 Å².